The number of aromatic carboxylic acids is 1. The predicted molar refractivity (Wildman–Crippen MR) is 77.8 cm³/mol. The average Bonchev–Trinajstić information content (AvgIpc) is 2.45. The Balaban J connectivity index is 2.52. The van der Waals surface area contributed by atoms with Crippen molar-refractivity contribution in [3.05, 3.63) is 48.0 Å². The first kappa shape index (κ1) is 15.9. The van der Waals surface area contributed by atoms with Gasteiger partial charge in [0.1, 0.15) is 0 Å². The number of nitrogens with zero attached hydrogens (tertiary/aromatic N) is 1. The lowest BCUT2D eigenvalue weighted by atomic mass is 10.0. The van der Waals surface area contributed by atoms with Crippen LogP contribution in [-0.4, -0.2) is 48.6 Å². The number of benzene rings is 1. The number of carboxylic acids is 1. The Labute approximate surface area is 118 Å². The molecule has 0 unspecified atom stereocenters. The molecule has 1 aromatic carbocycles. The molecule has 108 valence electrons. The first-order chi connectivity index (χ1) is 9.56. The Morgan fingerprint density at radius 3 is 2.75 bits per heavy atom. The van der Waals surface area contributed by atoms with E-state index in [1.807, 2.05) is 0 Å². The van der Waals surface area contributed by atoms with Crippen LogP contribution in [0.25, 0.3) is 0 Å². The summed E-state index contributed by atoms with van der Waals surface area (Å²) < 4.78 is 0. The van der Waals surface area contributed by atoms with Crippen molar-refractivity contribution >= 4 is 11.9 Å². The van der Waals surface area contributed by atoms with Crippen LogP contribution in [0, 0.1) is 0 Å². The molecular formula is C15H20N2O3. The van der Waals surface area contributed by atoms with E-state index in [4.69, 9.17) is 5.11 Å². The summed E-state index contributed by atoms with van der Waals surface area (Å²) >= 11 is 0. The Morgan fingerprint density at radius 1 is 1.40 bits per heavy atom. The molecule has 0 saturated carbocycles. The van der Waals surface area contributed by atoms with E-state index in [-0.39, 0.29) is 18.0 Å². The van der Waals surface area contributed by atoms with Crippen molar-refractivity contribution in [2.24, 2.45) is 0 Å². The molecule has 0 spiro atoms. The maximum absolute atomic E-state index is 11.8. The fourth-order valence-electron chi connectivity index (χ4n) is 1.78. The lowest BCUT2D eigenvalue weighted by molar-refractivity contribution is -0.128. The van der Waals surface area contributed by atoms with Gasteiger partial charge in [-0.1, -0.05) is 24.3 Å². The molecule has 0 heterocycles. The monoisotopic (exact) mass is 276 g/mol. The summed E-state index contributed by atoms with van der Waals surface area (Å²) in [5.41, 5.74) is 1.02. The topological polar surface area (TPSA) is 69.6 Å². The normalized spacial score (nSPS) is 10.1. The molecule has 0 aliphatic heterocycles. The van der Waals surface area contributed by atoms with Crippen molar-refractivity contribution in [3.8, 4) is 0 Å². The first-order valence-electron chi connectivity index (χ1n) is 6.43. The van der Waals surface area contributed by atoms with Gasteiger partial charge in [-0.05, 0) is 18.1 Å². The number of rotatable bonds is 8. The minimum absolute atomic E-state index is 0.0281. The molecule has 5 heteroatoms. The van der Waals surface area contributed by atoms with Crippen LogP contribution < -0.4 is 5.32 Å². The Hall–Kier alpha value is -2.14. The second-order valence-corrected chi connectivity index (χ2v) is 4.45. The molecular weight excluding hydrogens is 256 g/mol. The van der Waals surface area contributed by atoms with Gasteiger partial charge >= 0.3 is 5.97 Å². The van der Waals surface area contributed by atoms with Crippen LogP contribution in [0.5, 0.6) is 0 Å². The molecule has 1 rings (SSSR count). The van der Waals surface area contributed by atoms with Crippen molar-refractivity contribution in [2.45, 2.75) is 6.42 Å². The van der Waals surface area contributed by atoms with E-state index in [2.05, 4.69) is 11.9 Å². The molecule has 0 atom stereocenters. The van der Waals surface area contributed by atoms with Gasteiger partial charge in [0.25, 0.3) is 0 Å². The van der Waals surface area contributed by atoms with Crippen molar-refractivity contribution in [1.29, 1.82) is 0 Å². The van der Waals surface area contributed by atoms with Gasteiger partial charge in [0.05, 0.1) is 12.1 Å². The van der Waals surface area contributed by atoms with Crippen molar-refractivity contribution in [1.82, 2.24) is 10.2 Å². The van der Waals surface area contributed by atoms with Crippen LogP contribution >= 0.6 is 0 Å². The third-order valence-electron chi connectivity index (χ3n) is 2.95. The summed E-state index contributed by atoms with van der Waals surface area (Å²) in [4.78, 5) is 24.4. The van der Waals surface area contributed by atoms with E-state index in [0.717, 1.165) is 5.56 Å². The smallest absolute Gasteiger partial charge is 0.335 e. The number of hydrogen-bond acceptors (Lipinski definition) is 3. The summed E-state index contributed by atoms with van der Waals surface area (Å²) in [5, 5.41) is 12.0. The zero-order valence-electron chi connectivity index (χ0n) is 11.6. The van der Waals surface area contributed by atoms with Crippen LogP contribution in [0.2, 0.25) is 0 Å². The van der Waals surface area contributed by atoms with Crippen LogP contribution in [0.15, 0.2) is 36.9 Å². The minimum atomic E-state index is -0.942. The number of nitrogens with one attached hydrogen (secondary N) is 1. The summed E-state index contributed by atoms with van der Waals surface area (Å²) in [6.07, 6.45) is 2.21. The average molecular weight is 276 g/mol. The molecule has 0 aliphatic rings. The van der Waals surface area contributed by atoms with Gasteiger partial charge in [-0.15, -0.1) is 6.58 Å². The van der Waals surface area contributed by atoms with Gasteiger partial charge in [-0.3, -0.25) is 4.79 Å². The third kappa shape index (κ3) is 4.85. The fourth-order valence-corrected chi connectivity index (χ4v) is 1.78. The van der Waals surface area contributed by atoms with Crippen molar-refractivity contribution < 1.29 is 14.7 Å². The van der Waals surface area contributed by atoms with E-state index in [1.165, 1.54) is 0 Å². The number of carboxylic acid groups (broad SMARTS) is 1. The molecule has 0 fully saturated rings. The Bertz CT molecular complexity index is 486. The first-order valence-corrected chi connectivity index (χ1v) is 6.43. The summed E-state index contributed by atoms with van der Waals surface area (Å²) in [5.74, 6) is -0.970. The molecule has 1 aromatic rings. The third-order valence-corrected chi connectivity index (χ3v) is 2.95. The Kier molecular flexibility index (Phi) is 6.46. The van der Waals surface area contributed by atoms with Gasteiger partial charge in [-0.25, -0.2) is 4.79 Å². The SMILES string of the molecule is C=CCNCC(=O)N(C)CCc1ccccc1C(=O)O. The lowest BCUT2D eigenvalue weighted by Crippen LogP contribution is -2.36. The maximum Gasteiger partial charge on any atom is 0.335 e. The molecule has 20 heavy (non-hydrogen) atoms. The highest BCUT2D eigenvalue weighted by Gasteiger charge is 2.12. The van der Waals surface area contributed by atoms with E-state index in [1.54, 1.807) is 42.3 Å². The highest BCUT2D eigenvalue weighted by Crippen LogP contribution is 2.10. The number of carbonyl (C=O) groups excluding carboxylic acids is 1. The number of likely N-dealkylation sites (N-methyl/N-ethyl adjacent to an activating group) is 1. The van der Waals surface area contributed by atoms with Gasteiger partial charge in [0, 0.05) is 20.1 Å². The number of hydrogen-bond donors (Lipinski definition) is 2. The minimum Gasteiger partial charge on any atom is -0.478 e. The molecule has 0 aromatic heterocycles. The van der Waals surface area contributed by atoms with Crippen LogP contribution in [-0.2, 0) is 11.2 Å². The summed E-state index contributed by atoms with van der Waals surface area (Å²) in [7, 11) is 1.71. The zero-order chi connectivity index (χ0) is 15.0. The van der Waals surface area contributed by atoms with Gasteiger partial charge in [0.15, 0.2) is 0 Å². The van der Waals surface area contributed by atoms with Gasteiger partial charge in [-0.2, -0.15) is 0 Å². The van der Waals surface area contributed by atoms with Crippen molar-refractivity contribution in [2.75, 3.05) is 26.7 Å². The Morgan fingerprint density at radius 2 is 2.10 bits per heavy atom. The summed E-state index contributed by atoms with van der Waals surface area (Å²) in [6.45, 7) is 4.88. The molecule has 0 radical (unpaired) electrons. The van der Waals surface area contributed by atoms with E-state index in [9.17, 15) is 9.59 Å². The number of carbonyl (C=O) groups is 2. The van der Waals surface area contributed by atoms with Crippen LogP contribution in [0.4, 0.5) is 0 Å². The maximum atomic E-state index is 11.8. The van der Waals surface area contributed by atoms with Crippen LogP contribution in [0.1, 0.15) is 15.9 Å². The quantitative estimate of drug-likeness (QED) is 0.552. The summed E-state index contributed by atoms with van der Waals surface area (Å²) in [6, 6.07) is 6.85. The van der Waals surface area contributed by atoms with E-state index < -0.39 is 5.97 Å². The fraction of sp³-hybridized carbons (Fsp3) is 0.333. The van der Waals surface area contributed by atoms with Crippen LogP contribution in [0.3, 0.4) is 0 Å². The molecule has 2 N–H and O–H groups in total. The van der Waals surface area contributed by atoms with E-state index >= 15 is 0 Å². The second kappa shape index (κ2) is 8.12. The highest BCUT2D eigenvalue weighted by molar-refractivity contribution is 5.89. The molecule has 5 nitrogen and oxygen atoms in total. The highest BCUT2D eigenvalue weighted by atomic mass is 16.4. The van der Waals surface area contributed by atoms with Gasteiger partial charge < -0.3 is 15.3 Å². The van der Waals surface area contributed by atoms with E-state index in [0.29, 0.717) is 19.5 Å². The molecule has 0 aliphatic carbocycles. The van der Waals surface area contributed by atoms with Gasteiger partial charge in [0.2, 0.25) is 5.91 Å². The standard InChI is InChI=1S/C15H20N2O3/c1-3-9-16-11-14(18)17(2)10-8-12-6-4-5-7-13(12)15(19)20/h3-7,16H,1,8-11H2,2H3,(H,19,20). The largest absolute Gasteiger partial charge is 0.478 e. The predicted octanol–water partition coefficient (Wildman–Crippen LogP) is 1.16. The van der Waals surface area contributed by atoms with Crippen molar-refractivity contribution in [3.63, 3.8) is 0 Å². The zero-order valence-corrected chi connectivity index (χ0v) is 11.6. The molecule has 0 saturated heterocycles. The lowest BCUT2D eigenvalue weighted by Gasteiger charge is -2.17. The second-order valence-electron chi connectivity index (χ2n) is 4.45. The molecule has 0 bridgehead atoms. The molecule has 1 amide bonds. The number of amides is 1.